The molecular formula is C6H2FIN2. The van der Waals surface area contributed by atoms with Crippen LogP contribution in [0.15, 0.2) is 12.3 Å². The van der Waals surface area contributed by atoms with E-state index in [0.717, 1.165) is 0 Å². The van der Waals surface area contributed by atoms with E-state index in [0.29, 0.717) is 0 Å². The molecule has 0 saturated heterocycles. The second kappa shape index (κ2) is 2.92. The van der Waals surface area contributed by atoms with E-state index >= 15 is 0 Å². The topological polar surface area (TPSA) is 36.7 Å². The third-order valence-electron chi connectivity index (χ3n) is 0.967. The number of aromatic nitrogens is 1. The molecule has 0 bridgehead atoms. The summed E-state index contributed by atoms with van der Waals surface area (Å²) in [7, 11) is 0. The van der Waals surface area contributed by atoms with Crippen LogP contribution < -0.4 is 0 Å². The first-order valence-corrected chi connectivity index (χ1v) is 3.53. The lowest BCUT2D eigenvalue weighted by molar-refractivity contribution is 0.608. The van der Waals surface area contributed by atoms with Crippen LogP contribution >= 0.6 is 22.6 Å². The molecule has 50 valence electrons. The lowest BCUT2D eigenvalue weighted by Crippen LogP contribution is -1.90. The zero-order chi connectivity index (χ0) is 7.56. The van der Waals surface area contributed by atoms with E-state index < -0.39 is 5.82 Å². The van der Waals surface area contributed by atoms with E-state index in [1.165, 1.54) is 12.3 Å². The highest BCUT2D eigenvalue weighted by Gasteiger charge is 2.04. The lowest BCUT2D eigenvalue weighted by atomic mass is 10.3. The molecule has 1 aromatic rings. The van der Waals surface area contributed by atoms with E-state index in [4.69, 9.17) is 5.26 Å². The Morgan fingerprint density at radius 3 is 2.90 bits per heavy atom. The Kier molecular flexibility index (Phi) is 2.17. The normalized spacial score (nSPS) is 8.90. The maximum Gasteiger partial charge on any atom is 0.172 e. The van der Waals surface area contributed by atoms with Gasteiger partial charge in [-0.2, -0.15) is 5.26 Å². The molecule has 1 aromatic heterocycles. The van der Waals surface area contributed by atoms with Crippen LogP contribution in [0.1, 0.15) is 5.56 Å². The van der Waals surface area contributed by atoms with Gasteiger partial charge in [0.25, 0.3) is 0 Å². The monoisotopic (exact) mass is 248 g/mol. The molecule has 2 nitrogen and oxygen atoms in total. The molecule has 4 heteroatoms. The van der Waals surface area contributed by atoms with Crippen LogP contribution in [0.2, 0.25) is 0 Å². The molecular weight excluding hydrogens is 246 g/mol. The van der Waals surface area contributed by atoms with E-state index in [-0.39, 0.29) is 9.26 Å². The molecule has 0 aliphatic carbocycles. The van der Waals surface area contributed by atoms with Crippen molar-refractivity contribution in [2.45, 2.75) is 0 Å². The van der Waals surface area contributed by atoms with Gasteiger partial charge < -0.3 is 0 Å². The van der Waals surface area contributed by atoms with Crippen molar-refractivity contribution in [1.29, 1.82) is 5.26 Å². The minimum Gasteiger partial charge on any atom is -0.247 e. The Hall–Kier alpha value is -0.700. The zero-order valence-electron chi connectivity index (χ0n) is 4.81. The van der Waals surface area contributed by atoms with E-state index in [1.807, 2.05) is 0 Å². The Bertz CT molecular complexity index is 292. The molecule has 0 aliphatic rings. The first kappa shape index (κ1) is 7.41. The van der Waals surface area contributed by atoms with Crippen LogP contribution in [-0.4, -0.2) is 4.98 Å². The molecule has 1 rings (SSSR count). The van der Waals surface area contributed by atoms with Crippen LogP contribution in [0.3, 0.4) is 0 Å². The van der Waals surface area contributed by atoms with Gasteiger partial charge in [0.05, 0.1) is 5.56 Å². The average Bonchev–Trinajstić information content (AvgIpc) is 1.95. The van der Waals surface area contributed by atoms with Crippen LogP contribution in [0.5, 0.6) is 0 Å². The third kappa shape index (κ3) is 1.24. The summed E-state index contributed by atoms with van der Waals surface area (Å²) in [6, 6.07) is 3.06. The van der Waals surface area contributed by atoms with E-state index in [2.05, 4.69) is 4.98 Å². The number of hydrogen-bond donors (Lipinski definition) is 0. The molecule has 0 aromatic carbocycles. The summed E-state index contributed by atoms with van der Waals surface area (Å²) >= 11 is 1.74. The predicted molar refractivity (Wildman–Crippen MR) is 41.6 cm³/mol. The summed E-state index contributed by atoms with van der Waals surface area (Å²) in [5, 5.41) is 8.32. The van der Waals surface area contributed by atoms with E-state index in [1.54, 1.807) is 28.7 Å². The van der Waals surface area contributed by atoms with Crippen molar-refractivity contribution in [3.8, 4) is 6.07 Å². The fraction of sp³-hybridized carbons (Fsp3) is 0. The zero-order valence-corrected chi connectivity index (χ0v) is 6.96. The standard InChI is InChI=1S/C6H2FIN2/c7-5-4(3-9)1-2-10-6(5)8/h1-2H. The SMILES string of the molecule is N#Cc1ccnc(I)c1F. The predicted octanol–water partition coefficient (Wildman–Crippen LogP) is 1.70. The van der Waals surface area contributed by atoms with Gasteiger partial charge in [0.15, 0.2) is 5.82 Å². The molecule has 0 N–H and O–H groups in total. The molecule has 0 spiro atoms. The van der Waals surface area contributed by atoms with Crippen LogP contribution in [0.25, 0.3) is 0 Å². The summed E-state index contributed by atoms with van der Waals surface area (Å²) in [6.07, 6.45) is 1.41. The minimum atomic E-state index is -0.536. The molecule has 0 fully saturated rings. The van der Waals surface area contributed by atoms with Crippen LogP contribution in [-0.2, 0) is 0 Å². The third-order valence-corrected chi connectivity index (χ3v) is 1.72. The maximum atomic E-state index is 12.7. The molecule has 0 atom stereocenters. The van der Waals surface area contributed by atoms with Gasteiger partial charge in [0.2, 0.25) is 0 Å². The molecule has 10 heavy (non-hydrogen) atoms. The van der Waals surface area contributed by atoms with Crippen LogP contribution in [0, 0.1) is 20.8 Å². The fourth-order valence-electron chi connectivity index (χ4n) is 0.505. The molecule has 0 radical (unpaired) electrons. The van der Waals surface area contributed by atoms with Gasteiger partial charge in [-0.3, -0.25) is 0 Å². The van der Waals surface area contributed by atoms with Gasteiger partial charge >= 0.3 is 0 Å². The van der Waals surface area contributed by atoms with Crippen molar-refractivity contribution in [1.82, 2.24) is 4.98 Å². The maximum absolute atomic E-state index is 12.7. The van der Waals surface area contributed by atoms with Gasteiger partial charge in [-0.05, 0) is 28.7 Å². The molecule has 1 heterocycles. The molecule has 0 amide bonds. The summed E-state index contributed by atoms with van der Waals surface area (Å²) in [4.78, 5) is 3.65. The molecule has 0 unspecified atom stereocenters. The van der Waals surface area contributed by atoms with E-state index in [9.17, 15) is 4.39 Å². The van der Waals surface area contributed by atoms with Gasteiger partial charge in [0, 0.05) is 6.20 Å². The molecule has 0 saturated carbocycles. The Morgan fingerprint density at radius 1 is 1.70 bits per heavy atom. The number of rotatable bonds is 0. The Morgan fingerprint density at radius 2 is 2.40 bits per heavy atom. The second-order valence-corrected chi connectivity index (χ2v) is 2.60. The van der Waals surface area contributed by atoms with Crippen LogP contribution in [0.4, 0.5) is 4.39 Å². The number of halogens is 2. The van der Waals surface area contributed by atoms with Crippen molar-refractivity contribution in [2.24, 2.45) is 0 Å². The summed E-state index contributed by atoms with van der Waals surface area (Å²) in [5.41, 5.74) is 0.0411. The van der Waals surface area contributed by atoms with Crippen molar-refractivity contribution < 1.29 is 4.39 Å². The Labute approximate surface area is 70.8 Å². The highest BCUT2D eigenvalue weighted by molar-refractivity contribution is 14.1. The van der Waals surface area contributed by atoms with Gasteiger partial charge in [-0.1, -0.05) is 0 Å². The summed E-state index contributed by atoms with van der Waals surface area (Å²) < 4.78 is 12.9. The fourth-order valence-corrected chi connectivity index (χ4v) is 0.956. The van der Waals surface area contributed by atoms with Crippen molar-refractivity contribution in [3.63, 3.8) is 0 Å². The Balaban J connectivity index is 3.31. The van der Waals surface area contributed by atoms with Crippen molar-refractivity contribution in [2.75, 3.05) is 0 Å². The van der Waals surface area contributed by atoms with Gasteiger partial charge in [-0.15, -0.1) is 0 Å². The number of nitrogens with zero attached hydrogens (tertiary/aromatic N) is 2. The smallest absolute Gasteiger partial charge is 0.172 e. The number of nitriles is 1. The summed E-state index contributed by atoms with van der Waals surface area (Å²) in [5.74, 6) is -0.536. The largest absolute Gasteiger partial charge is 0.247 e. The lowest BCUT2D eigenvalue weighted by Gasteiger charge is -1.92. The van der Waals surface area contributed by atoms with Crippen molar-refractivity contribution in [3.05, 3.63) is 27.3 Å². The molecule has 0 aliphatic heterocycles. The second-order valence-electron chi connectivity index (χ2n) is 1.58. The summed E-state index contributed by atoms with van der Waals surface area (Å²) in [6.45, 7) is 0. The first-order valence-electron chi connectivity index (χ1n) is 2.46. The minimum absolute atomic E-state index is 0.0411. The number of hydrogen-bond acceptors (Lipinski definition) is 2. The number of pyridine rings is 1. The first-order chi connectivity index (χ1) is 4.75. The highest BCUT2D eigenvalue weighted by Crippen LogP contribution is 2.10. The quantitative estimate of drug-likeness (QED) is 0.517. The van der Waals surface area contributed by atoms with Crippen molar-refractivity contribution >= 4 is 22.6 Å². The average molecular weight is 248 g/mol. The van der Waals surface area contributed by atoms with Gasteiger partial charge in [-0.25, -0.2) is 9.37 Å². The van der Waals surface area contributed by atoms with Gasteiger partial charge in [0.1, 0.15) is 9.77 Å². The highest BCUT2D eigenvalue weighted by atomic mass is 127.